The van der Waals surface area contributed by atoms with Gasteiger partial charge in [-0.3, -0.25) is 9.59 Å². The highest BCUT2D eigenvalue weighted by Crippen LogP contribution is 2.18. The summed E-state index contributed by atoms with van der Waals surface area (Å²) < 4.78 is 5.92. The summed E-state index contributed by atoms with van der Waals surface area (Å²) in [6.45, 7) is 4.32. The monoisotopic (exact) mass is 511 g/mol. The highest BCUT2D eigenvalue weighted by Gasteiger charge is 2.22. The first-order valence-corrected chi connectivity index (χ1v) is 11.9. The fourth-order valence-corrected chi connectivity index (χ4v) is 3.50. The smallest absolute Gasteiger partial charge is 0.262 e. The molecule has 0 aliphatic heterocycles. The van der Waals surface area contributed by atoms with Crippen molar-refractivity contribution in [2.45, 2.75) is 32.9 Å². The topological polar surface area (TPSA) is 79.8 Å². The Kier molecular flexibility index (Phi) is 9.70. The molecule has 182 valence electrons. The molecular formula is C27H27Cl2N3O3. The summed E-state index contributed by atoms with van der Waals surface area (Å²) in [7, 11) is 0. The molecule has 0 aromatic heterocycles. The summed E-state index contributed by atoms with van der Waals surface area (Å²) in [4.78, 5) is 25.4. The van der Waals surface area contributed by atoms with Crippen molar-refractivity contribution in [2.75, 3.05) is 0 Å². The van der Waals surface area contributed by atoms with Crippen molar-refractivity contribution in [3.63, 3.8) is 0 Å². The van der Waals surface area contributed by atoms with Gasteiger partial charge in [-0.05, 0) is 66.4 Å². The first kappa shape index (κ1) is 26.3. The minimum absolute atomic E-state index is 0.183. The maximum Gasteiger partial charge on any atom is 0.262 e. The third kappa shape index (κ3) is 8.42. The molecule has 0 aliphatic carbocycles. The van der Waals surface area contributed by atoms with Crippen LogP contribution in [-0.2, 0) is 11.4 Å². The second-order valence-electron chi connectivity index (χ2n) is 8.35. The second-order valence-corrected chi connectivity index (χ2v) is 9.22. The molecule has 0 aliphatic rings. The van der Waals surface area contributed by atoms with E-state index in [1.54, 1.807) is 24.3 Å². The molecule has 35 heavy (non-hydrogen) atoms. The van der Waals surface area contributed by atoms with Crippen LogP contribution in [0.2, 0.25) is 10.0 Å². The Morgan fingerprint density at radius 3 is 2.23 bits per heavy atom. The van der Waals surface area contributed by atoms with E-state index in [4.69, 9.17) is 27.9 Å². The van der Waals surface area contributed by atoms with Crippen LogP contribution in [0.15, 0.2) is 77.9 Å². The fraction of sp³-hybridized carbons (Fsp3) is 0.222. The van der Waals surface area contributed by atoms with Gasteiger partial charge in [-0.1, -0.05) is 61.3 Å². The minimum atomic E-state index is -0.744. The molecule has 2 N–H and O–H groups in total. The van der Waals surface area contributed by atoms with Crippen LogP contribution in [0.4, 0.5) is 0 Å². The van der Waals surface area contributed by atoms with Crippen molar-refractivity contribution in [3.05, 3.63) is 99.5 Å². The van der Waals surface area contributed by atoms with Crippen molar-refractivity contribution in [3.8, 4) is 5.75 Å². The molecule has 1 atom stereocenters. The lowest BCUT2D eigenvalue weighted by Gasteiger charge is -2.19. The number of carbonyl (C=O) groups is 2. The third-order valence-electron chi connectivity index (χ3n) is 5.04. The first-order valence-electron chi connectivity index (χ1n) is 11.2. The number of para-hydroxylation sites is 1. The van der Waals surface area contributed by atoms with E-state index in [-0.39, 0.29) is 11.8 Å². The lowest BCUT2D eigenvalue weighted by Crippen LogP contribution is -2.46. The molecule has 0 spiro atoms. The molecule has 0 bridgehead atoms. The molecule has 0 fully saturated rings. The summed E-state index contributed by atoms with van der Waals surface area (Å²) >= 11 is 11.8. The Bertz CT molecular complexity index is 1160. The van der Waals surface area contributed by atoms with Gasteiger partial charge in [0.1, 0.15) is 18.4 Å². The lowest BCUT2D eigenvalue weighted by atomic mass is 10.0. The van der Waals surface area contributed by atoms with Crippen LogP contribution < -0.4 is 15.5 Å². The Labute approximate surface area is 215 Å². The normalized spacial score (nSPS) is 11.9. The zero-order valence-electron chi connectivity index (χ0n) is 19.5. The number of hydrogen-bond acceptors (Lipinski definition) is 4. The summed E-state index contributed by atoms with van der Waals surface area (Å²) in [6.07, 6.45) is 1.98. The molecule has 3 aromatic rings. The van der Waals surface area contributed by atoms with Crippen LogP contribution in [0.3, 0.4) is 0 Å². The molecule has 0 saturated carbocycles. The molecule has 2 amide bonds. The number of rotatable bonds is 10. The quantitative estimate of drug-likeness (QED) is 0.264. The van der Waals surface area contributed by atoms with E-state index in [1.807, 2.05) is 62.4 Å². The van der Waals surface area contributed by atoms with Crippen LogP contribution in [0.1, 0.15) is 41.8 Å². The standard InChI is InChI=1S/C27H27Cl2N3O3/c1-18(2)15-24(31-26(33)20-9-13-23(29)14-10-20)27(34)32-30-16-21-5-3-4-6-25(21)35-17-19-7-11-22(28)12-8-19/h3-14,16,18,24H,15,17H2,1-2H3,(H,31,33)(H,32,34)/b30-16+. The number of amides is 2. The molecule has 0 heterocycles. The Balaban J connectivity index is 1.63. The Hall–Kier alpha value is -3.35. The maximum atomic E-state index is 12.8. The van der Waals surface area contributed by atoms with Gasteiger partial charge in [-0.2, -0.15) is 5.10 Å². The van der Waals surface area contributed by atoms with E-state index in [1.165, 1.54) is 6.21 Å². The number of nitrogens with zero attached hydrogens (tertiary/aromatic N) is 1. The van der Waals surface area contributed by atoms with E-state index in [0.29, 0.717) is 39.9 Å². The zero-order chi connectivity index (χ0) is 25.2. The summed E-state index contributed by atoms with van der Waals surface area (Å²) in [5, 5.41) is 8.08. The Morgan fingerprint density at radius 1 is 0.943 bits per heavy atom. The van der Waals surface area contributed by atoms with Crippen molar-refractivity contribution in [2.24, 2.45) is 11.0 Å². The van der Waals surface area contributed by atoms with Crippen LogP contribution in [0.25, 0.3) is 0 Å². The van der Waals surface area contributed by atoms with Gasteiger partial charge in [0.25, 0.3) is 11.8 Å². The fourth-order valence-electron chi connectivity index (χ4n) is 3.25. The maximum absolute atomic E-state index is 12.8. The molecular weight excluding hydrogens is 485 g/mol. The van der Waals surface area contributed by atoms with Gasteiger partial charge in [-0.25, -0.2) is 5.43 Å². The predicted molar refractivity (Wildman–Crippen MR) is 140 cm³/mol. The number of hydrazone groups is 1. The number of benzene rings is 3. The van der Waals surface area contributed by atoms with Crippen LogP contribution >= 0.6 is 23.2 Å². The predicted octanol–water partition coefficient (Wildman–Crippen LogP) is 5.87. The van der Waals surface area contributed by atoms with E-state index in [9.17, 15) is 9.59 Å². The van der Waals surface area contributed by atoms with Crippen molar-refractivity contribution >= 4 is 41.2 Å². The van der Waals surface area contributed by atoms with Gasteiger partial charge < -0.3 is 10.1 Å². The molecule has 8 heteroatoms. The second kappa shape index (κ2) is 12.9. The number of halogens is 2. The molecule has 3 aromatic carbocycles. The minimum Gasteiger partial charge on any atom is -0.488 e. The van der Waals surface area contributed by atoms with Crippen molar-refractivity contribution < 1.29 is 14.3 Å². The van der Waals surface area contributed by atoms with E-state index >= 15 is 0 Å². The lowest BCUT2D eigenvalue weighted by molar-refractivity contribution is -0.123. The van der Waals surface area contributed by atoms with Crippen LogP contribution in [0, 0.1) is 5.92 Å². The molecule has 0 saturated heterocycles. The molecule has 1 unspecified atom stereocenters. The largest absolute Gasteiger partial charge is 0.488 e. The van der Waals surface area contributed by atoms with Crippen molar-refractivity contribution in [1.82, 2.24) is 10.7 Å². The molecule has 3 rings (SSSR count). The number of ether oxygens (including phenoxy) is 1. The van der Waals surface area contributed by atoms with Crippen molar-refractivity contribution in [1.29, 1.82) is 0 Å². The average molecular weight is 512 g/mol. The Morgan fingerprint density at radius 2 is 1.57 bits per heavy atom. The van der Waals surface area contributed by atoms with Gasteiger partial charge in [0.05, 0.1) is 6.21 Å². The average Bonchev–Trinajstić information content (AvgIpc) is 2.84. The number of hydrogen-bond donors (Lipinski definition) is 2. The van der Waals surface area contributed by atoms with Gasteiger partial charge in [0, 0.05) is 21.2 Å². The summed E-state index contributed by atoms with van der Waals surface area (Å²) in [5.41, 5.74) is 4.63. The van der Waals surface area contributed by atoms with Gasteiger partial charge in [0.15, 0.2) is 0 Å². The third-order valence-corrected chi connectivity index (χ3v) is 5.54. The highest BCUT2D eigenvalue weighted by molar-refractivity contribution is 6.30. The van der Waals surface area contributed by atoms with Gasteiger partial charge >= 0.3 is 0 Å². The van der Waals surface area contributed by atoms with Crippen LogP contribution in [-0.4, -0.2) is 24.1 Å². The zero-order valence-corrected chi connectivity index (χ0v) is 21.0. The summed E-state index contributed by atoms with van der Waals surface area (Å²) in [6, 6.07) is 20.5. The number of nitrogens with one attached hydrogen (secondary N) is 2. The number of carbonyl (C=O) groups excluding carboxylic acids is 2. The highest BCUT2D eigenvalue weighted by atomic mass is 35.5. The van der Waals surface area contributed by atoms with E-state index in [0.717, 1.165) is 5.56 Å². The molecule has 6 nitrogen and oxygen atoms in total. The SMILES string of the molecule is CC(C)CC(NC(=O)c1ccc(Cl)cc1)C(=O)N/N=C/c1ccccc1OCc1ccc(Cl)cc1. The van der Waals surface area contributed by atoms with Gasteiger partial charge in [-0.15, -0.1) is 0 Å². The molecule has 0 radical (unpaired) electrons. The van der Waals surface area contributed by atoms with E-state index in [2.05, 4.69) is 15.8 Å². The van der Waals surface area contributed by atoms with Gasteiger partial charge in [0.2, 0.25) is 0 Å². The van der Waals surface area contributed by atoms with Crippen LogP contribution in [0.5, 0.6) is 5.75 Å². The van der Waals surface area contributed by atoms with E-state index < -0.39 is 11.9 Å². The summed E-state index contributed by atoms with van der Waals surface area (Å²) in [5.74, 6) is 0.0432. The first-order chi connectivity index (χ1) is 16.8.